The van der Waals surface area contributed by atoms with Crippen LogP contribution in [-0.4, -0.2) is 39.9 Å². The molecule has 3 aromatic heterocycles. The van der Waals surface area contributed by atoms with Crippen LogP contribution in [0.25, 0.3) is 10.2 Å². The number of anilines is 1. The number of aromatic nitrogens is 4. The maximum atomic E-state index is 13.7. The van der Waals surface area contributed by atoms with Gasteiger partial charge in [-0.2, -0.15) is 5.10 Å². The normalized spacial score (nSPS) is 11.2. The molecule has 3 heterocycles. The molecule has 1 aromatic carbocycles. The van der Waals surface area contributed by atoms with Crippen molar-refractivity contribution in [3.8, 4) is 11.5 Å². The highest BCUT2D eigenvalue weighted by Crippen LogP contribution is 2.40. The van der Waals surface area contributed by atoms with Crippen LogP contribution in [0.15, 0.2) is 42.6 Å². The largest absolute Gasteiger partial charge is 0.495 e. The van der Waals surface area contributed by atoms with Gasteiger partial charge in [-0.3, -0.25) is 19.4 Å². The minimum Gasteiger partial charge on any atom is -0.495 e. The molecule has 8 nitrogen and oxygen atoms in total. The summed E-state index contributed by atoms with van der Waals surface area (Å²) in [6.07, 6.45) is 1.71. The van der Waals surface area contributed by atoms with Gasteiger partial charge in [-0.05, 0) is 51.1 Å². The summed E-state index contributed by atoms with van der Waals surface area (Å²) in [6.45, 7) is 6.27. The first-order valence-electron chi connectivity index (χ1n) is 10.2. The lowest BCUT2D eigenvalue weighted by atomic mass is 10.3. The number of amides is 1. The van der Waals surface area contributed by atoms with E-state index in [0.717, 1.165) is 16.1 Å². The van der Waals surface area contributed by atoms with E-state index in [1.807, 2.05) is 61.9 Å². The number of fused-ring (bicyclic) bond motifs is 1. The molecule has 0 radical (unpaired) electrons. The van der Waals surface area contributed by atoms with Gasteiger partial charge in [0, 0.05) is 17.9 Å². The van der Waals surface area contributed by atoms with Crippen LogP contribution in [0.4, 0.5) is 5.13 Å². The molecule has 166 valence electrons. The second-order valence-electron chi connectivity index (χ2n) is 7.57. The van der Waals surface area contributed by atoms with Crippen molar-refractivity contribution in [1.82, 2.24) is 19.7 Å². The van der Waals surface area contributed by atoms with E-state index in [0.29, 0.717) is 27.8 Å². The lowest BCUT2D eigenvalue weighted by Gasteiger charge is -2.18. The van der Waals surface area contributed by atoms with Gasteiger partial charge in [0.2, 0.25) is 0 Å². The van der Waals surface area contributed by atoms with E-state index >= 15 is 0 Å². The summed E-state index contributed by atoms with van der Waals surface area (Å²) in [7, 11) is 3.21. The van der Waals surface area contributed by atoms with Crippen molar-refractivity contribution in [3.05, 3.63) is 59.7 Å². The number of aryl methyl sites for hydroxylation is 1. The molecule has 4 aromatic rings. The molecule has 0 bridgehead atoms. The topological polar surface area (TPSA) is 82.4 Å². The van der Waals surface area contributed by atoms with Crippen LogP contribution in [0.2, 0.25) is 0 Å². The highest BCUT2D eigenvalue weighted by molar-refractivity contribution is 7.22. The van der Waals surface area contributed by atoms with Gasteiger partial charge in [0.1, 0.15) is 21.7 Å². The summed E-state index contributed by atoms with van der Waals surface area (Å²) in [5.74, 6) is 1.05. The number of pyridine rings is 1. The van der Waals surface area contributed by atoms with Gasteiger partial charge in [-0.15, -0.1) is 0 Å². The highest BCUT2D eigenvalue weighted by atomic mass is 32.1. The molecule has 0 fully saturated rings. The number of carbonyl (C=O) groups is 1. The van der Waals surface area contributed by atoms with Crippen LogP contribution >= 0.6 is 11.3 Å². The lowest BCUT2D eigenvalue weighted by Crippen LogP contribution is -2.31. The summed E-state index contributed by atoms with van der Waals surface area (Å²) in [4.78, 5) is 24.4. The van der Waals surface area contributed by atoms with Gasteiger partial charge in [0.15, 0.2) is 10.8 Å². The smallest absolute Gasteiger partial charge is 0.280 e. The fourth-order valence-electron chi connectivity index (χ4n) is 3.52. The quantitative estimate of drug-likeness (QED) is 0.407. The molecular weight excluding hydrogens is 426 g/mol. The fraction of sp³-hybridized carbons (Fsp3) is 0.304. The number of benzene rings is 1. The second kappa shape index (κ2) is 8.96. The van der Waals surface area contributed by atoms with Crippen molar-refractivity contribution in [2.75, 3.05) is 19.1 Å². The first-order chi connectivity index (χ1) is 15.4. The van der Waals surface area contributed by atoms with E-state index in [2.05, 4.69) is 10.1 Å². The van der Waals surface area contributed by atoms with Gasteiger partial charge < -0.3 is 9.47 Å². The van der Waals surface area contributed by atoms with Crippen LogP contribution in [0.3, 0.4) is 0 Å². The predicted molar refractivity (Wildman–Crippen MR) is 125 cm³/mol. The average Bonchev–Trinajstić information content (AvgIpc) is 3.41. The third-order valence-corrected chi connectivity index (χ3v) is 6.14. The van der Waals surface area contributed by atoms with Crippen molar-refractivity contribution in [1.29, 1.82) is 0 Å². The monoisotopic (exact) mass is 451 g/mol. The third-order valence-electron chi connectivity index (χ3n) is 5.05. The molecule has 0 saturated heterocycles. The Morgan fingerprint density at radius 3 is 2.53 bits per heavy atom. The first kappa shape index (κ1) is 21.8. The molecule has 0 atom stereocenters. The van der Waals surface area contributed by atoms with E-state index in [-0.39, 0.29) is 18.5 Å². The minimum atomic E-state index is -0.241. The molecule has 4 rings (SSSR count). The Labute approximate surface area is 190 Å². The van der Waals surface area contributed by atoms with E-state index in [1.54, 1.807) is 25.3 Å². The maximum absolute atomic E-state index is 13.7. The van der Waals surface area contributed by atoms with Crippen molar-refractivity contribution in [2.45, 2.75) is 33.4 Å². The predicted octanol–water partition coefficient (Wildman–Crippen LogP) is 4.64. The molecule has 1 amide bonds. The molecule has 0 saturated carbocycles. The van der Waals surface area contributed by atoms with E-state index in [4.69, 9.17) is 14.5 Å². The van der Waals surface area contributed by atoms with Gasteiger partial charge in [-0.25, -0.2) is 4.98 Å². The average molecular weight is 452 g/mol. The van der Waals surface area contributed by atoms with Crippen LogP contribution in [-0.2, 0) is 6.54 Å². The number of methoxy groups -OCH3 is 2. The van der Waals surface area contributed by atoms with Gasteiger partial charge in [0.25, 0.3) is 5.91 Å². The molecular formula is C23H25N5O3S. The van der Waals surface area contributed by atoms with Crippen molar-refractivity contribution in [2.24, 2.45) is 0 Å². The molecule has 0 N–H and O–H groups in total. The zero-order valence-electron chi connectivity index (χ0n) is 18.7. The zero-order valence-corrected chi connectivity index (χ0v) is 19.5. The summed E-state index contributed by atoms with van der Waals surface area (Å²) in [5, 5.41) is 5.07. The summed E-state index contributed by atoms with van der Waals surface area (Å²) in [6, 6.07) is 11.2. The van der Waals surface area contributed by atoms with Gasteiger partial charge in [-0.1, -0.05) is 17.4 Å². The first-order valence-corrected chi connectivity index (χ1v) is 11.0. The molecule has 0 spiro atoms. The SMILES string of the molecule is COc1ccc(OC)c2sc(N(Cc3ccccn3)C(=O)c3cc(C)n(C(C)C)n3)nc12. The van der Waals surface area contributed by atoms with Gasteiger partial charge >= 0.3 is 0 Å². The number of thiazole rings is 1. The summed E-state index contributed by atoms with van der Waals surface area (Å²) < 4.78 is 13.7. The number of rotatable bonds is 7. The third kappa shape index (κ3) is 4.03. The number of ether oxygens (including phenoxy) is 2. The van der Waals surface area contributed by atoms with Crippen LogP contribution < -0.4 is 14.4 Å². The zero-order chi connectivity index (χ0) is 22.8. The Hall–Kier alpha value is -3.46. The van der Waals surface area contributed by atoms with E-state index in [1.165, 1.54) is 11.3 Å². The number of hydrogen-bond acceptors (Lipinski definition) is 7. The maximum Gasteiger partial charge on any atom is 0.280 e. The van der Waals surface area contributed by atoms with Crippen molar-refractivity contribution >= 4 is 32.6 Å². The molecule has 9 heteroatoms. The highest BCUT2D eigenvalue weighted by Gasteiger charge is 2.26. The summed E-state index contributed by atoms with van der Waals surface area (Å²) >= 11 is 1.37. The minimum absolute atomic E-state index is 0.150. The van der Waals surface area contributed by atoms with Crippen LogP contribution in [0, 0.1) is 6.92 Å². The molecule has 0 aliphatic heterocycles. The standard InChI is InChI=1S/C23H25N5O3S/c1-14(2)28-15(3)12-17(26-28)22(29)27(13-16-8-6-7-11-24-16)23-25-20-18(30-4)9-10-19(31-5)21(20)32-23/h6-12,14H,13H2,1-5H3. The second-order valence-corrected chi connectivity index (χ2v) is 8.54. The molecule has 0 unspecified atom stereocenters. The Bertz CT molecular complexity index is 1210. The Balaban J connectivity index is 1.83. The van der Waals surface area contributed by atoms with E-state index in [9.17, 15) is 4.79 Å². The number of hydrogen-bond donors (Lipinski definition) is 0. The van der Waals surface area contributed by atoms with Crippen LogP contribution in [0.1, 0.15) is 41.8 Å². The van der Waals surface area contributed by atoms with E-state index < -0.39 is 0 Å². The molecule has 32 heavy (non-hydrogen) atoms. The molecule has 0 aliphatic rings. The fourth-order valence-corrected chi connectivity index (χ4v) is 4.60. The number of nitrogens with zero attached hydrogens (tertiary/aromatic N) is 5. The Morgan fingerprint density at radius 2 is 1.91 bits per heavy atom. The summed E-state index contributed by atoms with van der Waals surface area (Å²) in [5.41, 5.74) is 2.69. The van der Waals surface area contributed by atoms with Crippen LogP contribution in [0.5, 0.6) is 11.5 Å². The van der Waals surface area contributed by atoms with Crippen molar-refractivity contribution in [3.63, 3.8) is 0 Å². The number of carbonyl (C=O) groups excluding carboxylic acids is 1. The Morgan fingerprint density at radius 1 is 1.16 bits per heavy atom. The lowest BCUT2D eigenvalue weighted by molar-refractivity contribution is 0.0979. The van der Waals surface area contributed by atoms with Crippen molar-refractivity contribution < 1.29 is 14.3 Å². The Kier molecular flexibility index (Phi) is 6.09. The van der Waals surface area contributed by atoms with Gasteiger partial charge in [0.05, 0.1) is 26.5 Å². The molecule has 0 aliphatic carbocycles.